The minimum Gasteiger partial charge on any atom is -0.464 e. The lowest BCUT2D eigenvalue weighted by atomic mass is 10.2. The van der Waals surface area contributed by atoms with Crippen LogP contribution in [-0.2, 0) is 17.1 Å². The fraction of sp³-hybridized carbons (Fsp3) is 0.643. The predicted molar refractivity (Wildman–Crippen MR) is 80.1 cm³/mol. The first-order valence-corrected chi connectivity index (χ1v) is 8.05. The van der Waals surface area contributed by atoms with Crippen molar-refractivity contribution >= 4 is 17.7 Å². The molecule has 1 aromatic heterocycles. The molecule has 0 radical (unpaired) electrons. The molecule has 1 aromatic rings. The molecule has 0 bridgehead atoms. The number of carbonyl (C=O) groups excluding carboxylic acids is 1. The number of furan rings is 1. The standard InChI is InChI=1S/C14H24N2O2S/c1-11(2)8-16-14(17)6-7-15-9-12-4-5-13(18-12)10-19-3/h4-5,11,15H,6-10H2,1-3H3,(H,16,17). The number of amides is 1. The van der Waals surface area contributed by atoms with Gasteiger partial charge in [-0.25, -0.2) is 0 Å². The summed E-state index contributed by atoms with van der Waals surface area (Å²) in [6.07, 6.45) is 2.56. The molecule has 19 heavy (non-hydrogen) atoms. The van der Waals surface area contributed by atoms with E-state index in [0.717, 1.165) is 23.8 Å². The van der Waals surface area contributed by atoms with Crippen molar-refractivity contribution in [3.8, 4) is 0 Å². The predicted octanol–water partition coefficient (Wildman–Crippen LogP) is 2.39. The van der Waals surface area contributed by atoms with Gasteiger partial charge in [-0.2, -0.15) is 11.8 Å². The second-order valence-corrected chi connectivity index (χ2v) is 5.79. The third-order valence-corrected chi connectivity index (χ3v) is 3.11. The van der Waals surface area contributed by atoms with E-state index in [2.05, 4.69) is 30.7 Å². The molecule has 0 unspecified atom stereocenters. The van der Waals surface area contributed by atoms with Crippen molar-refractivity contribution in [1.82, 2.24) is 10.6 Å². The Balaban J connectivity index is 2.11. The minimum atomic E-state index is 0.101. The number of rotatable bonds is 9. The van der Waals surface area contributed by atoms with Crippen molar-refractivity contribution in [3.05, 3.63) is 23.7 Å². The van der Waals surface area contributed by atoms with Crippen LogP contribution in [0.4, 0.5) is 0 Å². The van der Waals surface area contributed by atoms with Crippen molar-refractivity contribution in [2.45, 2.75) is 32.6 Å². The summed E-state index contributed by atoms with van der Waals surface area (Å²) in [5.74, 6) is 3.42. The molecule has 0 aliphatic carbocycles. The third-order valence-electron chi connectivity index (χ3n) is 2.54. The lowest BCUT2D eigenvalue weighted by Gasteiger charge is -2.07. The third kappa shape index (κ3) is 7.28. The number of thioether (sulfide) groups is 1. The van der Waals surface area contributed by atoms with E-state index in [1.165, 1.54) is 0 Å². The van der Waals surface area contributed by atoms with E-state index in [-0.39, 0.29) is 5.91 Å². The van der Waals surface area contributed by atoms with Crippen LogP contribution in [0.5, 0.6) is 0 Å². The molecular formula is C14H24N2O2S. The van der Waals surface area contributed by atoms with Crippen molar-refractivity contribution in [3.63, 3.8) is 0 Å². The van der Waals surface area contributed by atoms with E-state index in [0.29, 0.717) is 25.4 Å². The van der Waals surface area contributed by atoms with Crippen molar-refractivity contribution < 1.29 is 9.21 Å². The average Bonchev–Trinajstić information content (AvgIpc) is 2.80. The first-order chi connectivity index (χ1) is 9.11. The van der Waals surface area contributed by atoms with Crippen molar-refractivity contribution in [1.29, 1.82) is 0 Å². The summed E-state index contributed by atoms with van der Waals surface area (Å²) >= 11 is 1.74. The van der Waals surface area contributed by atoms with E-state index >= 15 is 0 Å². The summed E-state index contributed by atoms with van der Waals surface area (Å²) < 4.78 is 5.63. The van der Waals surface area contributed by atoms with Gasteiger partial charge in [0.25, 0.3) is 0 Å². The summed E-state index contributed by atoms with van der Waals surface area (Å²) in [7, 11) is 0. The monoisotopic (exact) mass is 284 g/mol. The smallest absolute Gasteiger partial charge is 0.221 e. The molecule has 0 saturated carbocycles. The summed E-state index contributed by atoms with van der Waals surface area (Å²) in [6.45, 7) is 6.26. The second-order valence-electron chi connectivity index (χ2n) is 4.93. The van der Waals surface area contributed by atoms with Gasteiger partial charge in [0, 0.05) is 19.5 Å². The van der Waals surface area contributed by atoms with E-state index in [4.69, 9.17) is 4.42 Å². The fourth-order valence-corrected chi connectivity index (χ4v) is 2.00. The molecule has 4 nitrogen and oxygen atoms in total. The number of nitrogens with one attached hydrogen (secondary N) is 2. The molecule has 0 aromatic carbocycles. The molecular weight excluding hydrogens is 260 g/mol. The zero-order valence-corrected chi connectivity index (χ0v) is 12.8. The summed E-state index contributed by atoms with van der Waals surface area (Å²) in [5.41, 5.74) is 0. The van der Waals surface area contributed by atoms with Gasteiger partial charge >= 0.3 is 0 Å². The Kier molecular flexibility index (Phi) is 7.67. The Labute approximate surface area is 119 Å². The second kappa shape index (κ2) is 9.04. The fourth-order valence-electron chi connectivity index (χ4n) is 1.56. The lowest BCUT2D eigenvalue weighted by Crippen LogP contribution is -2.30. The van der Waals surface area contributed by atoms with Crippen molar-refractivity contribution in [2.75, 3.05) is 19.3 Å². The number of carbonyl (C=O) groups is 1. The molecule has 1 rings (SSSR count). The zero-order chi connectivity index (χ0) is 14.1. The van der Waals surface area contributed by atoms with E-state index in [1.54, 1.807) is 11.8 Å². The van der Waals surface area contributed by atoms with Crippen LogP contribution >= 0.6 is 11.8 Å². The Bertz CT molecular complexity index is 377. The van der Waals surface area contributed by atoms with Crippen LogP contribution in [0.3, 0.4) is 0 Å². The normalized spacial score (nSPS) is 10.9. The molecule has 1 heterocycles. The van der Waals surface area contributed by atoms with Gasteiger partial charge in [-0.05, 0) is 24.3 Å². The Morgan fingerprint density at radius 2 is 2.11 bits per heavy atom. The molecule has 0 fully saturated rings. The Hall–Kier alpha value is -0.940. The highest BCUT2D eigenvalue weighted by Gasteiger charge is 2.03. The molecule has 0 saturated heterocycles. The topological polar surface area (TPSA) is 54.3 Å². The van der Waals surface area contributed by atoms with Crippen LogP contribution < -0.4 is 10.6 Å². The van der Waals surface area contributed by atoms with Gasteiger partial charge in [-0.3, -0.25) is 4.79 Å². The van der Waals surface area contributed by atoms with Crippen LogP contribution in [0.2, 0.25) is 0 Å². The maximum absolute atomic E-state index is 11.5. The highest BCUT2D eigenvalue weighted by Crippen LogP contribution is 2.13. The van der Waals surface area contributed by atoms with Crippen LogP contribution in [-0.4, -0.2) is 25.3 Å². The summed E-state index contributed by atoms with van der Waals surface area (Å²) in [4.78, 5) is 11.5. The maximum Gasteiger partial charge on any atom is 0.221 e. The Morgan fingerprint density at radius 1 is 1.37 bits per heavy atom. The number of hydrogen-bond acceptors (Lipinski definition) is 4. The van der Waals surface area contributed by atoms with Gasteiger partial charge in [0.15, 0.2) is 0 Å². The van der Waals surface area contributed by atoms with Gasteiger partial charge in [0.05, 0.1) is 12.3 Å². The van der Waals surface area contributed by atoms with Gasteiger partial charge in [-0.15, -0.1) is 0 Å². The molecule has 0 aliphatic heterocycles. The van der Waals surface area contributed by atoms with Gasteiger partial charge in [-0.1, -0.05) is 13.8 Å². The largest absolute Gasteiger partial charge is 0.464 e. The van der Waals surface area contributed by atoms with Crippen molar-refractivity contribution in [2.24, 2.45) is 5.92 Å². The molecule has 0 atom stereocenters. The first-order valence-electron chi connectivity index (χ1n) is 6.65. The average molecular weight is 284 g/mol. The van der Waals surface area contributed by atoms with Gasteiger partial charge in [0.1, 0.15) is 11.5 Å². The summed E-state index contributed by atoms with van der Waals surface area (Å²) in [6, 6.07) is 3.99. The molecule has 108 valence electrons. The van der Waals surface area contributed by atoms with Crippen LogP contribution in [0.15, 0.2) is 16.5 Å². The molecule has 5 heteroatoms. The Morgan fingerprint density at radius 3 is 2.79 bits per heavy atom. The van der Waals surface area contributed by atoms with Gasteiger partial charge in [0.2, 0.25) is 5.91 Å². The molecule has 2 N–H and O–H groups in total. The van der Waals surface area contributed by atoms with Gasteiger partial charge < -0.3 is 15.1 Å². The molecule has 0 aliphatic rings. The summed E-state index contributed by atoms with van der Waals surface area (Å²) in [5, 5.41) is 6.11. The molecule has 0 spiro atoms. The maximum atomic E-state index is 11.5. The minimum absolute atomic E-state index is 0.101. The quantitative estimate of drug-likeness (QED) is 0.684. The number of hydrogen-bond donors (Lipinski definition) is 2. The lowest BCUT2D eigenvalue weighted by molar-refractivity contribution is -0.121. The van der Waals surface area contributed by atoms with E-state index in [9.17, 15) is 4.79 Å². The van der Waals surface area contributed by atoms with Crippen LogP contribution in [0.25, 0.3) is 0 Å². The van der Waals surface area contributed by atoms with E-state index in [1.807, 2.05) is 12.1 Å². The van der Waals surface area contributed by atoms with E-state index < -0.39 is 0 Å². The van der Waals surface area contributed by atoms with Crippen LogP contribution in [0, 0.1) is 5.92 Å². The molecule has 1 amide bonds. The highest BCUT2D eigenvalue weighted by atomic mass is 32.2. The highest BCUT2D eigenvalue weighted by molar-refractivity contribution is 7.97. The zero-order valence-electron chi connectivity index (χ0n) is 12.0. The first kappa shape index (κ1) is 16.1. The van der Waals surface area contributed by atoms with Crippen LogP contribution in [0.1, 0.15) is 31.8 Å². The SMILES string of the molecule is CSCc1ccc(CNCCC(=O)NCC(C)C)o1.